The molecule has 1 aromatic rings. The van der Waals surface area contributed by atoms with Crippen molar-refractivity contribution >= 4 is 17.5 Å². The first-order valence-corrected chi connectivity index (χ1v) is 9.19. The van der Waals surface area contributed by atoms with Gasteiger partial charge >= 0.3 is 0 Å². The normalized spacial score (nSPS) is 28.5. The van der Waals surface area contributed by atoms with Gasteiger partial charge in [-0.1, -0.05) is 11.6 Å². The first-order chi connectivity index (χ1) is 12.1. The van der Waals surface area contributed by atoms with Crippen LogP contribution in [0.1, 0.15) is 18.9 Å². The van der Waals surface area contributed by atoms with Crippen LogP contribution in [-0.2, 0) is 16.0 Å². The zero-order chi connectivity index (χ0) is 17.4. The molecule has 4 rings (SSSR count). The smallest absolute Gasteiger partial charge is 0.224 e. The SMILES string of the molecule is C[C@H]1CN2C[C@H](NC(=O)Cc3cc4c(cc3Cl)OCCO4)C[C@H]2CO1. The van der Waals surface area contributed by atoms with Gasteiger partial charge in [0.2, 0.25) is 5.91 Å². The van der Waals surface area contributed by atoms with E-state index in [4.69, 9.17) is 25.8 Å². The van der Waals surface area contributed by atoms with Crippen molar-refractivity contribution in [1.29, 1.82) is 0 Å². The second-order valence-electron chi connectivity index (χ2n) is 7.02. The molecule has 3 aliphatic rings. The minimum atomic E-state index is -0.0163. The molecule has 0 saturated carbocycles. The molecule has 6 nitrogen and oxygen atoms in total. The Morgan fingerprint density at radius 1 is 1.28 bits per heavy atom. The van der Waals surface area contributed by atoms with Crippen LogP contribution in [0.15, 0.2) is 12.1 Å². The van der Waals surface area contributed by atoms with Crippen LogP contribution in [-0.4, -0.2) is 61.9 Å². The van der Waals surface area contributed by atoms with E-state index >= 15 is 0 Å². The molecule has 136 valence electrons. The summed E-state index contributed by atoms with van der Waals surface area (Å²) in [6.45, 7) is 5.70. The molecule has 3 heterocycles. The van der Waals surface area contributed by atoms with E-state index in [1.807, 2.05) is 6.07 Å². The van der Waals surface area contributed by atoms with Gasteiger partial charge in [0.05, 0.1) is 19.1 Å². The molecule has 0 aliphatic carbocycles. The standard InChI is InChI=1S/C18H23ClN2O4/c1-11-8-21-9-13(6-14(21)10-25-11)20-18(22)5-12-4-16-17(7-15(12)19)24-3-2-23-16/h4,7,11,13-14H,2-3,5-6,8-10H2,1H3,(H,20,22)/t11-,13+,14-/m0/s1. The van der Waals surface area contributed by atoms with Crippen LogP contribution >= 0.6 is 11.6 Å². The lowest BCUT2D eigenvalue weighted by atomic mass is 10.1. The fraction of sp³-hybridized carbons (Fsp3) is 0.611. The molecule has 2 fully saturated rings. The van der Waals surface area contributed by atoms with Gasteiger partial charge in [-0.15, -0.1) is 0 Å². The van der Waals surface area contributed by atoms with Gasteiger partial charge < -0.3 is 19.5 Å². The Labute approximate surface area is 152 Å². The number of carbonyl (C=O) groups excluding carboxylic acids is 1. The van der Waals surface area contributed by atoms with Crippen molar-refractivity contribution < 1.29 is 19.0 Å². The molecular weight excluding hydrogens is 344 g/mol. The lowest BCUT2D eigenvalue weighted by molar-refractivity contribution is -0.121. The van der Waals surface area contributed by atoms with E-state index in [2.05, 4.69) is 17.1 Å². The number of benzene rings is 1. The third kappa shape index (κ3) is 3.71. The largest absolute Gasteiger partial charge is 0.486 e. The number of ether oxygens (including phenoxy) is 3. The Morgan fingerprint density at radius 2 is 2.04 bits per heavy atom. The molecule has 1 aromatic carbocycles. The van der Waals surface area contributed by atoms with Crippen LogP contribution in [0.2, 0.25) is 5.02 Å². The summed E-state index contributed by atoms with van der Waals surface area (Å²) < 4.78 is 16.8. The molecule has 2 saturated heterocycles. The summed E-state index contributed by atoms with van der Waals surface area (Å²) in [7, 11) is 0. The van der Waals surface area contributed by atoms with Crippen LogP contribution in [0.4, 0.5) is 0 Å². The molecule has 0 unspecified atom stereocenters. The van der Waals surface area contributed by atoms with Gasteiger partial charge in [0.15, 0.2) is 11.5 Å². The highest BCUT2D eigenvalue weighted by Crippen LogP contribution is 2.35. The van der Waals surface area contributed by atoms with Crippen LogP contribution in [0.5, 0.6) is 11.5 Å². The molecule has 0 bridgehead atoms. The summed E-state index contributed by atoms with van der Waals surface area (Å²) in [5, 5.41) is 3.67. The lowest BCUT2D eigenvalue weighted by Gasteiger charge is -2.33. The highest BCUT2D eigenvalue weighted by Gasteiger charge is 2.36. The molecule has 1 N–H and O–H groups in total. The van der Waals surface area contributed by atoms with Crippen LogP contribution < -0.4 is 14.8 Å². The number of rotatable bonds is 3. The summed E-state index contributed by atoms with van der Waals surface area (Å²) in [5.74, 6) is 1.28. The Kier molecular flexibility index (Phi) is 4.75. The predicted octanol–water partition coefficient (Wildman–Crippen LogP) is 1.63. The Bertz CT molecular complexity index is 669. The maximum atomic E-state index is 12.5. The van der Waals surface area contributed by atoms with Crippen LogP contribution in [0, 0.1) is 0 Å². The molecule has 25 heavy (non-hydrogen) atoms. The van der Waals surface area contributed by atoms with Crippen molar-refractivity contribution in [2.45, 2.75) is 38.0 Å². The first kappa shape index (κ1) is 16.9. The Morgan fingerprint density at radius 3 is 2.84 bits per heavy atom. The number of amides is 1. The van der Waals surface area contributed by atoms with Gasteiger partial charge in [-0.2, -0.15) is 0 Å². The lowest BCUT2D eigenvalue weighted by Crippen LogP contribution is -2.45. The summed E-state index contributed by atoms with van der Waals surface area (Å²) >= 11 is 6.30. The van der Waals surface area contributed by atoms with E-state index in [-0.39, 0.29) is 24.5 Å². The van der Waals surface area contributed by atoms with Crippen molar-refractivity contribution in [2.24, 2.45) is 0 Å². The number of hydrogen-bond donors (Lipinski definition) is 1. The molecule has 3 aliphatic heterocycles. The summed E-state index contributed by atoms with van der Waals surface area (Å²) in [5.41, 5.74) is 0.760. The number of morpholine rings is 1. The van der Waals surface area contributed by atoms with E-state index in [1.54, 1.807) is 6.07 Å². The Hall–Kier alpha value is -1.50. The highest BCUT2D eigenvalue weighted by molar-refractivity contribution is 6.31. The first-order valence-electron chi connectivity index (χ1n) is 8.81. The van der Waals surface area contributed by atoms with Crippen molar-refractivity contribution in [3.63, 3.8) is 0 Å². The molecule has 0 radical (unpaired) electrons. The van der Waals surface area contributed by atoms with Crippen LogP contribution in [0.3, 0.4) is 0 Å². The number of nitrogens with zero attached hydrogens (tertiary/aromatic N) is 1. The van der Waals surface area contributed by atoms with Gasteiger partial charge in [0.1, 0.15) is 13.2 Å². The Balaban J connectivity index is 1.36. The van der Waals surface area contributed by atoms with Crippen molar-refractivity contribution in [1.82, 2.24) is 10.2 Å². The number of carbonyl (C=O) groups is 1. The fourth-order valence-electron chi connectivity index (χ4n) is 3.84. The molecule has 0 aromatic heterocycles. The average Bonchev–Trinajstić information content (AvgIpc) is 2.96. The fourth-order valence-corrected chi connectivity index (χ4v) is 4.06. The minimum absolute atomic E-state index is 0.0163. The zero-order valence-electron chi connectivity index (χ0n) is 14.3. The summed E-state index contributed by atoms with van der Waals surface area (Å²) in [6.07, 6.45) is 1.44. The van der Waals surface area contributed by atoms with Gasteiger partial charge in [0.25, 0.3) is 0 Å². The van der Waals surface area contributed by atoms with E-state index in [9.17, 15) is 4.79 Å². The minimum Gasteiger partial charge on any atom is -0.486 e. The molecule has 0 spiro atoms. The number of nitrogens with one attached hydrogen (secondary N) is 1. The highest BCUT2D eigenvalue weighted by atomic mass is 35.5. The van der Waals surface area contributed by atoms with Gasteiger partial charge in [0, 0.05) is 36.3 Å². The van der Waals surface area contributed by atoms with E-state index < -0.39 is 0 Å². The van der Waals surface area contributed by atoms with Gasteiger partial charge in [-0.25, -0.2) is 0 Å². The second kappa shape index (κ2) is 7.02. The monoisotopic (exact) mass is 366 g/mol. The summed E-state index contributed by atoms with van der Waals surface area (Å²) in [4.78, 5) is 14.9. The van der Waals surface area contributed by atoms with Crippen LogP contribution in [0.25, 0.3) is 0 Å². The van der Waals surface area contributed by atoms with Gasteiger partial charge in [-0.3, -0.25) is 9.69 Å². The number of hydrogen-bond acceptors (Lipinski definition) is 5. The topological polar surface area (TPSA) is 60.0 Å². The predicted molar refractivity (Wildman–Crippen MR) is 93.5 cm³/mol. The quantitative estimate of drug-likeness (QED) is 0.881. The number of halogens is 1. The second-order valence-corrected chi connectivity index (χ2v) is 7.42. The number of fused-ring (bicyclic) bond motifs is 2. The molecule has 7 heteroatoms. The summed E-state index contributed by atoms with van der Waals surface area (Å²) in [6, 6.07) is 4.12. The van der Waals surface area contributed by atoms with Gasteiger partial charge in [-0.05, 0) is 25.0 Å². The molecule has 1 amide bonds. The zero-order valence-corrected chi connectivity index (χ0v) is 15.1. The average molecular weight is 367 g/mol. The third-order valence-corrected chi connectivity index (χ3v) is 5.37. The maximum absolute atomic E-state index is 12.5. The van der Waals surface area contributed by atoms with Crippen molar-refractivity contribution in [3.8, 4) is 11.5 Å². The van der Waals surface area contributed by atoms with E-state index in [0.717, 1.165) is 31.7 Å². The van der Waals surface area contributed by atoms with E-state index in [0.29, 0.717) is 35.8 Å². The molecule has 3 atom stereocenters. The molecular formula is C18H23ClN2O4. The van der Waals surface area contributed by atoms with E-state index in [1.165, 1.54) is 0 Å². The third-order valence-electron chi connectivity index (χ3n) is 5.02. The van der Waals surface area contributed by atoms with Crippen molar-refractivity contribution in [3.05, 3.63) is 22.7 Å². The maximum Gasteiger partial charge on any atom is 0.224 e. The van der Waals surface area contributed by atoms with Crippen molar-refractivity contribution in [2.75, 3.05) is 32.9 Å².